The normalized spacial score (nSPS) is 16.7. The molecule has 1 atom stereocenters. The van der Waals surface area contributed by atoms with Crippen LogP contribution in [0.3, 0.4) is 0 Å². The molecule has 0 bridgehead atoms. The average molecular weight is 383 g/mol. The van der Waals surface area contributed by atoms with Gasteiger partial charge in [0, 0.05) is 24.8 Å². The lowest BCUT2D eigenvalue weighted by Crippen LogP contribution is -2.43. The number of methoxy groups -OCH3 is 1. The van der Waals surface area contributed by atoms with Crippen LogP contribution in [0.5, 0.6) is 5.75 Å². The van der Waals surface area contributed by atoms with E-state index in [0.717, 1.165) is 43.7 Å². The van der Waals surface area contributed by atoms with Gasteiger partial charge in [0.05, 0.1) is 7.11 Å². The van der Waals surface area contributed by atoms with Crippen LogP contribution in [-0.2, 0) is 6.42 Å². The summed E-state index contributed by atoms with van der Waals surface area (Å²) in [4.78, 5) is 24.0. The van der Waals surface area contributed by atoms with Crippen molar-refractivity contribution in [1.82, 2.24) is 14.9 Å². The van der Waals surface area contributed by atoms with Gasteiger partial charge < -0.3 is 15.0 Å². The molecule has 1 fully saturated rings. The van der Waals surface area contributed by atoms with Gasteiger partial charge in [-0.3, -0.25) is 4.79 Å². The molecule has 3 rings (SSSR count). The molecule has 1 aromatic carbocycles. The molecule has 0 spiro atoms. The van der Waals surface area contributed by atoms with Crippen molar-refractivity contribution in [2.75, 3.05) is 25.5 Å². The highest BCUT2D eigenvalue weighted by molar-refractivity contribution is 5.93. The Balaban J connectivity index is 1.64. The average Bonchev–Trinajstić information content (AvgIpc) is 2.73. The number of nitrogens with one attached hydrogen (secondary N) is 1. The zero-order chi connectivity index (χ0) is 19.9. The van der Waals surface area contributed by atoms with E-state index in [2.05, 4.69) is 22.2 Å². The first-order chi connectivity index (χ1) is 13.6. The number of anilines is 1. The van der Waals surface area contributed by atoms with Crippen molar-refractivity contribution in [1.29, 1.82) is 0 Å². The molecule has 1 unspecified atom stereocenters. The van der Waals surface area contributed by atoms with E-state index in [1.54, 1.807) is 13.2 Å². The van der Waals surface area contributed by atoms with E-state index in [1.165, 1.54) is 12.0 Å². The molecule has 1 aliphatic rings. The third-order valence-electron chi connectivity index (χ3n) is 5.29. The van der Waals surface area contributed by atoms with E-state index < -0.39 is 0 Å². The Hall–Kier alpha value is -2.63. The van der Waals surface area contributed by atoms with Crippen LogP contribution in [0.25, 0.3) is 0 Å². The topological polar surface area (TPSA) is 67.4 Å². The van der Waals surface area contributed by atoms with Crippen LogP contribution in [0.4, 0.5) is 5.95 Å². The van der Waals surface area contributed by atoms with Crippen LogP contribution in [0.15, 0.2) is 30.3 Å². The highest BCUT2D eigenvalue weighted by Gasteiger charge is 2.27. The Labute approximate surface area is 167 Å². The number of hydrogen-bond donors (Lipinski definition) is 1. The van der Waals surface area contributed by atoms with Gasteiger partial charge in [0.15, 0.2) is 0 Å². The minimum absolute atomic E-state index is 0.0234. The van der Waals surface area contributed by atoms with Gasteiger partial charge in [0.25, 0.3) is 5.91 Å². The number of hydrogen-bond acceptors (Lipinski definition) is 5. The van der Waals surface area contributed by atoms with Crippen LogP contribution >= 0.6 is 0 Å². The van der Waals surface area contributed by atoms with Crippen molar-refractivity contribution < 1.29 is 9.53 Å². The number of aromatic nitrogens is 2. The number of carbonyl (C=O) groups is 1. The first kappa shape index (κ1) is 20.1. The fraction of sp³-hybridized carbons (Fsp3) is 0.500. The van der Waals surface area contributed by atoms with Crippen molar-refractivity contribution in [3.8, 4) is 5.75 Å². The lowest BCUT2D eigenvalue weighted by atomic mass is 9.99. The summed E-state index contributed by atoms with van der Waals surface area (Å²) < 4.78 is 5.19. The molecule has 0 aliphatic carbocycles. The van der Waals surface area contributed by atoms with Gasteiger partial charge in [-0.15, -0.1) is 0 Å². The Kier molecular flexibility index (Phi) is 6.85. The van der Waals surface area contributed by atoms with Crippen molar-refractivity contribution in [2.45, 2.75) is 52.0 Å². The minimum Gasteiger partial charge on any atom is -0.497 e. The summed E-state index contributed by atoms with van der Waals surface area (Å²) in [6.45, 7) is 5.57. The minimum atomic E-state index is 0.0234. The largest absolute Gasteiger partial charge is 0.497 e. The third-order valence-corrected chi connectivity index (χ3v) is 5.29. The van der Waals surface area contributed by atoms with Gasteiger partial charge in [-0.25, -0.2) is 9.97 Å². The first-order valence-corrected chi connectivity index (χ1v) is 10.1. The van der Waals surface area contributed by atoms with Crippen molar-refractivity contribution in [2.24, 2.45) is 0 Å². The predicted octanol–water partition coefficient (Wildman–Crippen LogP) is 3.85. The molecular formula is C22H30N4O2. The van der Waals surface area contributed by atoms with Crippen LogP contribution in [0.2, 0.25) is 0 Å². The molecule has 0 radical (unpaired) electrons. The summed E-state index contributed by atoms with van der Waals surface area (Å²) in [6.07, 6.45) is 5.18. The quantitative estimate of drug-likeness (QED) is 0.788. The number of carbonyl (C=O) groups excluding carboxylic acids is 1. The molecule has 2 aromatic rings. The number of rotatable bonds is 7. The Bertz CT molecular complexity index is 792. The highest BCUT2D eigenvalue weighted by atomic mass is 16.5. The molecule has 1 N–H and O–H groups in total. The maximum absolute atomic E-state index is 13.0. The standard InChI is InChI=1S/C22H30N4O2/c1-4-18-7-5-6-14-26(18)21(27)20-15-16(2)24-22(25-20)23-13-12-17-8-10-19(28-3)11-9-17/h8-11,15,18H,4-7,12-14H2,1-3H3,(H,23,24,25). The number of amides is 1. The molecule has 6 nitrogen and oxygen atoms in total. The summed E-state index contributed by atoms with van der Waals surface area (Å²) >= 11 is 0. The number of nitrogens with zero attached hydrogens (tertiary/aromatic N) is 3. The van der Waals surface area contributed by atoms with Gasteiger partial charge in [0.2, 0.25) is 5.95 Å². The number of ether oxygens (including phenoxy) is 1. The smallest absolute Gasteiger partial charge is 0.272 e. The van der Waals surface area contributed by atoms with E-state index >= 15 is 0 Å². The molecule has 1 aromatic heterocycles. The summed E-state index contributed by atoms with van der Waals surface area (Å²) in [6, 6.07) is 10.1. The molecule has 28 heavy (non-hydrogen) atoms. The van der Waals surface area contributed by atoms with Gasteiger partial charge in [-0.1, -0.05) is 19.1 Å². The monoisotopic (exact) mass is 382 g/mol. The molecular weight excluding hydrogens is 352 g/mol. The van der Waals surface area contributed by atoms with Gasteiger partial charge in [-0.05, 0) is 62.8 Å². The second-order valence-electron chi connectivity index (χ2n) is 7.30. The lowest BCUT2D eigenvalue weighted by molar-refractivity contribution is 0.0601. The molecule has 0 saturated carbocycles. The molecule has 1 aliphatic heterocycles. The lowest BCUT2D eigenvalue weighted by Gasteiger charge is -2.35. The van der Waals surface area contributed by atoms with Gasteiger partial charge in [-0.2, -0.15) is 0 Å². The number of piperidine rings is 1. The fourth-order valence-corrected chi connectivity index (χ4v) is 3.71. The first-order valence-electron chi connectivity index (χ1n) is 10.1. The van der Waals surface area contributed by atoms with Crippen molar-refractivity contribution >= 4 is 11.9 Å². The fourth-order valence-electron chi connectivity index (χ4n) is 3.71. The molecule has 6 heteroatoms. The Morgan fingerprint density at radius 3 is 2.75 bits per heavy atom. The molecule has 1 saturated heterocycles. The van der Waals surface area contributed by atoms with E-state index in [4.69, 9.17) is 4.74 Å². The summed E-state index contributed by atoms with van der Waals surface area (Å²) in [5.41, 5.74) is 2.49. The number of likely N-dealkylation sites (tertiary alicyclic amines) is 1. The van der Waals surface area contributed by atoms with Crippen molar-refractivity contribution in [3.63, 3.8) is 0 Å². The van der Waals surface area contributed by atoms with Gasteiger partial charge in [0.1, 0.15) is 11.4 Å². The van der Waals surface area contributed by atoms with E-state index in [9.17, 15) is 4.79 Å². The maximum Gasteiger partial charge on any atom is 0.272 e. The van der Waals surface area contributed by atoms with Gasteiger partial charge >= 0.3 is 0 Å². The zero-order valence-electron chi connectivity index (χ0n) is 17.1. The number of benzene rings is 1. The summed E-state index contributed by atoms with van der Waals surface area (Å²) in [7, 11) is 1.66. The maximum atomic E-state index is 13.0. The van der Waals surface area contributed by atoms with Crippen LogP contribution in [0.1, 0.15) is 54.4 Å². The second kappa shape index (κ2) is 9.53. The summed E-state index contributed by atoms with van der Waals surface area (Å²) in [5.74, 6) is 1.39. The van der Waals surface area contributed by atoms with Crippen LogP contribution in [-0.4, -0.2) is 47.0 Å². The van der Waals surface area contributed by atoms with E-state index in [0.29, 0.717) is 24.2 Å². The second-order valence-corrected chi connectivity index (χ2v) is 7.30. The number of aryl methyl sites for hydroxylation is 1. The van der Waals surface area contributed by atoms with Crippen molar-refractivity contribution in [3.05, 3.63) is 47.3 Å². The molecule has 1 amide bonds. The molecule has 2 heterocycles. The zero-order valence-corrected chi connectivity index (χ0v) is 17.1. The molecule has 150 valence electrons. The van der Waals surface area contributed by atoms with E-state index in [-0.39, 0.29) is 5.91 Å². The van der Waals surface area contributed by atoms with E-state index in [1.807, 2.05) is 36.1 Å². The highest BCUT2D eigenvalue weighted by Crippen LogP contribution is 2.22. The van der Waals surface area contributed by atoms with Crippen LogP contribution < -0.4 is 10.1 Å². The SMILES string of the molecule is CCC1CCCCN1C(=O)c1cc(C)nc(NCCc2ccc(OC)cc2)n1. The van der Waals surface area contributed by atoms with Crippen LogP contribution in [0, 0.1) is 6.92 Å². The Morgan fingerprint density at radius 1 is 1.25 bits per heavy atom. The summed E-state index contributed by atoms with van der Waals surface area (Å²) in [5, 5.41) is 3.26. The third kappa shape index (κ3) is 5.00. The Morgan fingerprint density at radius 2 is 2.04 bits per heavy atom. The predicted molar refractivity (Wildman–Crippen MR) is 111 cm³/mol.